The van der Waals surface area contributed by atoms with Crippen LogP contribution in [-0.2, 0) is 13.5 Å². The number of aliphatic hydroxyl groups excluding tert-OH is 1. The number of nitrogens with zero attached hydrogens (tertiary/aromatic N) is 2. The van der Waals surface area contributed by atoms with Gasteiger partial charge in [0.15, 0.2) is 0 Å². The van der Waals surface area contributed by atoms with Crippen LogP contribution in [0.25, 0.3) is 0 Å². The second-order valence-corrected chi connectivity index (χ2v) is 7.35. The normalized spacial score (nSPS) is 24.2. The summed E-state index contributed by atoms with van der Waals surface area (Å²) in [7, 11) is 1.71. The lowest BCUT2D eigenvalue weighted by Gasteiger charge is -2.35. The van der Waals surface area contributed by atoms with Crippen LogP contribution in [0, 0.1) is 11.8 Å². The number of alkyl halides is 4. The molecular formula is C16H23F4N3O. The van der Waals surface area contributed by atoms with Crippen molar-refractivity contribution in [1.29, 1.82) is 0 Å². The highest BCUT2D eigenvalue weighted by atomic mass is 19.3. The van der Waals surface area contributed by atoms with Crippen molar-refractivity contribution in [3.63, 3.8) is 0 Å². The average Bonchev–Trinajstić information content (AvgIpc) is 2.72. The van der Waals surface area contributed by atoms with E-state index in [-0.39, 0.29) is 37.5 Å². The molecule has 1 unspecified atom stereocenters. The summed E-state index contributed by atoms with van der Waals surface area (Å²) in [6.07, 6.45) is 0.209. The summed E-state index contributed by atoms with van der Waals surface area (Å²) >= 11 is 0. The van der Waals surface area contributed by atoms with Gasteiger partial charge in [0.05, 0.1) is 5.69 Å². The first-order chi connectivity index (χ1) is 11.1. The van der Waals surface area contributed by atoms with Crippen molar-refractivity contribution >= 4 is 5.82 Å². The van der Waals surface area contributed by atoms with Gasteiger partial charge < -0.3 is 10.4 Å². The minimum absolute atomic E-state index is 0.0289. The number of halogens is 4. The minimum atomic E-state index is -2.53. The summed E-state index contributed by atoms with van der Waals surface area (Å²) in [6, 6.07) is 1.75. The Morgan fingerprint density at radius 1 is 1.21 bits per heavy atom. The first-order valence-electron chi connectivity index (χ1n) is 8.35. The van der Waals surface area contributed by atoms with Crippen LogP contribution in [-0.4, -0.2) is 33.0 Å². The van der Waals surface area contributed by atoms with Crippen LogP contribution in [0.1, 0.15) is 44.2 Å². The van der Waals surface area contributed by atoms with Crippen molar-refractivity contribution in [2.24, 2.45) is 18.9 Å². The second-order valence-electron chi connectivity index (χ2n) is 7.35. The molecule has 2 aliphatic rings. The van der Waals surface area contributed by atoms with E-state index in [1.165, 1.54) is 0 Å². The summed E-state index contributed by atoms with van der Waals surface area (Å²) in [4.78, 5) is 0. The third-order valence-corrected chi connectivity index (χ3v) is 4.94. The van der Waals surface area contributed by atoms with Gasteiger partial charge in [0.2, 0.25) is 11.8 Å². The van der Waals surface area contributed by atoms with E-state index in [1.807, 2.05) is 0 Å². The quantitative estimate of drug-likeness (QED) is 0.585. The molecule has 1 atom stereocenters. The molecular weight excluding hydrogens is 326 g/mol. The van der Waals surface area contributed by atoms with Gasteiger partial charge in [-0.1, -0.05) is 0 Å². The van der Waals surface area contributed by atoms with Crippen molar-refractivity contribution in [1.82, 2.24) is 9.78 Å². The zero-order chi connectivity index (χ0) is 17.5. The molecule has 2 saturated carbocycles. The second kappa shape index (κ2) is 6.20. The lowest BCUT2D eigenvalue weighted by Crippen LogP contribution is -2.36. The molecule has 1 aromatic rings. The Morgan fingerprint density at radius 3 is 2.38 bits per heavy atom. The van der Waals surface area contributed by atoms with Gasteiger partial charge in [-0.3, -0.25) is 4.68 Å². The summed E-state index contributed by atoms with van der Waals surface area (Å²) in [5.41, 5.74) is 0.714. The maximum Gasteiger partial charge on any atom is 0.248 e. The Hall–Kier alpha value is -1.31. The highest BCUT2D eigenvalue weighted by Crippen LogP contribution is 2.45. The van der Waals surface area contributed by atoms with Gasteiger partial charge in [-0.25, -0.2) is 17.6 Å². The number of aromatic nitrogens is 2. The molecule has 0 radical (unpaired) electrons. The fourth-order valence-electron chi connectivity index (χ4n) is 3.61. The van der Waals surface area contributed by atoms with Gasteiger partial charge in [-0.15, -0.1) is 0 Å². The smallest absolute Gasteiger partial charge is 0.248 e. The van der Waals surface area contributed by atoms with Crippen LogP contribution < -0.4 is 5.32 Å². The highest BCUT2D eigenvalue weighted by Gasteiger charge is 2.45. The maximum atomic E-state index is 12.9. The number of aliphatic hydroxyl groups is 1. The third-order valence-electron chi connectivity index (χ3n) is 4.94. The molecule has 0 bridgehead atoms. The molecule has 1 aromatic heterocycles. The number of hydrogen-bond donors (Lipinski definition) is 2. The molecule has 4 nitrogen and oxygen atoms in total. The topological polar surface area (TPSA) is 50.1 Å². The molecule has 0 aliphatic heterocycles. The first-order valence-corrected chi connectivity index (χ1v) is 8.35. The SMILES string of the molecule is Cn1nc(CC2CC(F)(F)C2)cc1NC(O)CCC1CC(F)(F)C1. The Labute approximate surface area is 138 Å². The van der Waals surface area contributed by atoms with E-state index in [0.29, 0.717) is 30.8 Å². The molecule has 24 heavy (non-hydrogen) atoms. The lowest BCUT2D eigenvalue weighted by atomic mass is 9.78. The van der Waals surface area contributed by atoms with E-state index in [0.717, 1.165) is 0 Å². The predicted molar refractivity (Wildman–Crippen MR) is 81.1 cm³/mol. The molecule has 136 valence electrons. The Balaban J connectivity index is 1.43. The number of nitrogens with one attached hydrogen (secondary N) is 1. The fraction of sp³-hybridized carbons (Fsp3) is 0.812. The minimum Gasteiger partial charge on any atom is -0.374 e. The van der Waals surface area contributed by atoms with E-state index >= 15 is 0 Å². The summed E-state index contributed by atoms with van der Waals surface area (Å²) in [5, 5.41) is 17.2. The Morgan fingerprint density at radius 2 is 1.79 bits per heavy atom. The van der Waals surface area contributed by atoms with Crippen LogP contribution >= 0.6 is 0 Å². The van der Waals surface area contributed by atoms with Crippen LogP contribution in [0.4, 0.5) is 23.4 Å². The summed E-state index contributed by atoms with van der Waals surface area (Å²) in [5.74, 6) is -4.54. The predicted octanol–water partition coefficient (Wildman–Crippen LogP) is 3.56. The first kappa shape index (κ1) is 17.5. The monoisotopic (exact) mass is 349 g/mol. The van der Waals surface area contributed by atoms with Crippen LogP contribution in [0.2, 0.25) is 0 Å². The van der Waals surface area contributed by atoms with Crippen LogP contribution in [0.15, 0.2) is 6.07 Å². The maximum absolute atomic E-state index is 12.9. The Bertz CT molecular complexity index is 574. The van der Waals surface area contributed by atoms with Gasteiger partial charge >= 0.3 is 0 Å². The molecule has 2 fully saturated rings. The summed E-state index contributed by atoms with van der Waals surface area (Å²) in [6.45, 7) is 0. The van der Waals surface area contributed by atoms with Gasteiger partial charge in [0.1, 0.15) is 12.0 Å². The average molecular weight is 349 g/mol. The van der Waals surface area contributed by atoms with Gasteiger partial charge in [0.25, 0.3) is 0 Å². The molecule has 8 heteroatoms. The highest BCUT2D eigenvalue weighted by molar-refractivity contribution is 5.37. The van der Waals surface area contributed by atoms with Crippen molar-refractivity contribution < 1.29 is 22.7 Å². The molecule has 0 amide bonds. The number of rotatable bonds is 7. The van der Waals surface area contributed by atoms with Crippen molar-refractivity contribution in [3.05, 3.63) is 11.8 Å². The zero-order valence-corrected chi connectivity index (χ0v) is 13.6. The fourth-order valence-corrected chi connectivity index (χ4v) is 3.61. The molecule has 0 saturated heterocycles. The Kier molecular flexibility index (Phi) is 4.53. The lowest BCUT2D eigenvalue weighted by molar-refractivity contribution is -0.113. The molecule has 2 N–H and O–H groups in total. The number of aryl methyl sites for hydroxylation is 1. The molecule has 0 spiro atoms. The van der Waals surface area contributed by atoms with E-state index in [2.05, 4.69) is 10.4 Å². The molecule has 2 aliphatic carbocycles. The largest absolute Gasteiger partial charge is 0.374 e. The molecule has 1 heterocycles. The van der Waals surface area contributed by atoms with Crippen LogP contribution in [0.3, 0.4) is 0 Å². The van der Waals surface area contributed by atoms with Gasteiger partial charge in [0, 0.05) is 38.8 Å². The molecule has 0 aromatic carbocycles. The van der Waals surface area contributed by atoms with Crippen molar-refractivity contribution in [2.45, 2.75) is 63.0 Å². The third kappa shape index (κ3) is 4.20. The van der Waals surface area contributed by atoms with E-state index in [4.69, 9.17) is 0 Å². The molecule has 3 rings (SSSR count). The van der Waals surface area contributed by atoms with E-state index < -0.39 is 18.1 Å². The zero-order valence-electron chi connectivity index (χ0n) is 13.6. The van der Waals surface area contributed by atoms with Crippen molar-refractivity contribution in [3.8, 4) is 0 Å². The van der Waals surface area contributed by atoms with Gasteiger partial charge in [-0.2, -0.15) is 5.10 Å². The number of anilines is 1. The van der Waals surface area contributed by atoms with E-state index in [1.54, 1.807) is 17.8 Å². The van der Waals surface area contributed by atoms with Gasteiger partial charge in [-0.05, 0) is 31.1 Å². The standard InChI is InChI=1S/C16H23F4N3O/c1-23-13(5-12(22-23)4-11-8-16(19,20)9-11)21-14(24)3-2-10-6-15(17,18)7-10/h5,10-11,14,21,24H,2-4,6-9H2,1H3. The van der Waals surface area contributed by atoms with Crippen molar-refractivity contribution in [2.75, 3.05) is 5.32 Å². The van der Waals surface area contributed by atoms with E-state index in [9.17, 15) is 22.7 Å². The van der Waals surface area contributed by atoms with Crippen LogP contribution in [0.5, 0.6) is 0 Å². The number of hydrogen-bond acceptors (Lipinski definition) is 3. The summed E-state index contributed by atoms with van der Waals surface area (Å²) < 4.78 is 52.8.